The van der Waals surface area contributed by atoms with E-state index in [0.717, 1.165) is 19.3 Å². The van der Waals surface area contributed by atoms with Crippen LogP contribution in [0.4, 0.5) is 0 Å². The molecule has 1 fully saturated rings. The first-order chi connectivity index (χ1) is 13.0. The van der Waals surface area contributed by atoms with Crippen LogP contribution in [0.15, 0.2) is 48.6 Å². The van der Waals surface area contributed by atoms with Crippen molar-refractivity contribution in [2.75, 3.05) is 0 Å². The number of allylic oxidation sites excluding steroid dienone is 6. The van der Waals surface area contributed by atoms with E-state index in [9.17, 15) is 20.1 Å². The van der Waals surface area contributed by atoms with Crippen LogP contribution in [0.3, 0.4) is 0 Å². The quantitative estimate of drug-likeness (QED) is 0.390. The number of aliphatic carboxylic acids is 1. The summed E-state index contributed by atoms with van der Waals surface area (Å²) in [5, 5.41) is 38.9. The summed E-state index contributed by atoms with van der Waals surface area (Å²) in [4.78, 5) is 10.5. The summed E-state index contributed by atoms with van der Waals surface area (Å²) in [6, 6.07) is 0. The Morgan fingerprint density at radius 2 is 1.67 bits per heavy atom. The fourth-order valence-corrected chi connectivity index (χ4v) is 3.29. The molecule has 152 valence electrons. The average molecular weight is 379 g/mol. The van der Waals surface area contributed by atoms with Crippen LogP contribution in [0.25, 0.3) is 0 Å². The van der Waals surface area contributed by atoms with Gasteiger partial charge in [0.25, 0.3) is 0 Å². The van der Waals surface area contributed by atoms with Gasteiger partial charge in [0.2, 0.25) is 0 Å². The Hall–Kier alpha value is -1.69. The topological polar surface area (TPSA) is 98.0 Å². The van der Waals surface area contributed by atoms with E-state index in [0.29, 0.717) is 12.8 Å². The SMILES string of the molecule is CC/C=C\C/C=C\C/C=C\C[C@@H]1[C@H](/C=C/[C@@H](O)CCC(=O)O)[C@@H](O)C[C@H]1O. The Bertz CT molecular complexity index is 535. The smallest absolute Gasteiger partial charge is 0.303 e. The molecule has 1 aliphatic carbocycles. The van der Waals surface area contributed by atoms with Crippen molar-refractivity contribution in [3.8, 4) is 0 Å². The van der Waals surface area contributed by atoms with E-state index in [4.69, 9.17) is 5.11 Å². The number of aliphatic hydroxyl groups is 3. The number of rotatable bonds is 12. The van der Waals surface area contributed by atoms with Crippen LogP contribution in [0.5, 0.6) is 0 Å². The molecule has 4 N–H and O–H groups in total. The molecular weight excluding hydrogens is 344 g/mol. The van der Waals surface area contributed by atoms with Crippen molar-refractivity contribution in [1.29, 1.82) is 0 Å². The Morgan fingerprint density at radius 3 is 2.30 bits per heavy atom. The van der Waals surface area contributed by atoms with Gasteiger partial charge in [-0.1, -0.05) is 55.5 Å². The maximum atomic E-state index is 10.5. The molecule has 5 atom stereocenters. The predicted molar refractivity (Wildman–Crippen MR) is 107 cm³/mol. The van der Waals surface area contributed by atoms with Crippen molar-refractivity contribution < 1.29 is 25.2 Å². The van der Waals surface area contributed by atoms with Crippen LogP contribution >= 0.6 is 0 Å². The highest BCUT2D eigenvalue weighted by molar-refractivity contribution is 5.66. The molecule has 0 aliphatic heterocycles. The molecule has 0 radical (unpaired) electrons. The third kappa shape index (κ3) is 9.70. The summed E-state index contributed by atoms with van der Waals surface area (Å²) in [5.74, 6) is -1.29. The number of hydrogen-bond acceptors (Lipinski definition) is 4. The molecule has 0 saturated heterocycles. The number of carbonyl (C=O) groups is 1. The van der Waals surface area contributed by atoms with E-state index in [1.807, 2.05) is 6.08 Å². The molecule has 0 heterocycles. The first-order valence-corrected chi connectivity index (χ1v) is 9.85. The van der Waals surface area contributed by atoms with Gasteiger partial charge in [-0.2, -0.15) is 0 Å². The van der Waals surface area contributed by atoms with Gasteiger partial charge in [-0.3, -0.25) is 4.79 Å². The Balaban J connectivity index is 2.47. The monoisotopic (exact) mass is 378 g/mol. The second kappa shape index (κ2) is 13.5. The lowest BCUT2D eigenvalue weighted by atomic mass is 9.89. The van der Waals surface area contributed by atoms with Crippen LogP contribution in [-0.4, -0.2) is 44.7 Å². The van der Waals surface area contributed by atoms with Crippen molar-refractivity contribution in [3.05, 3.63) is 48.6 Å². The second-order valence-corrected chi connectivity index (χ2v) is 7.03. The fourth-order valence-electron chi connectivity index (χ4n) is 3.29. The molecule has 0 aromatic carbocycles. The molecular formula is C22H34O5. The first kappa shape index (κ1) is 23.3. The van der Waals surface area contributed by atoms with Gasteiger partial charge in [0.05, 0.1) is 18.3 Å². The van der Waals surface area contributed by atoms with Crippen LogP contribution in [0.1, 0.15) is 51.9 Å². The molecule has 27 heavy (non-hydrogen) atoms. The summed E-state index contributed by atoms with van der Waals surface area (Å²) in [6.07, 6.45) is 17.6. The number of aliphatic hydroxyl groups excluding tert-OH is 3. The predicted octanol–water partition coefficient (Wildman–Crippen LogP) is 3.38. The summed E-state index contributed by atoms with van der Waals surface area (Å²) >= 11 is 0. The van der Waals surface area contributed by atoms with Gasteiger partial charge in [0.1, 0.15) is 0 Å². The second-order valence-electron chi connectivity index (χ2n) is 7.03. The van der Waals surface area contributed by atoms with Crippen molar-refractivity contribution in [2.45, 2.75) is 70.2 Å². The van der Waals surface area contributed by atoms with Crippen LogP contribution in [-0.2, 0) is 4.79 Å². The van der Waals surface area contributed by atoms with E-state index >= 15 is 0 Å². The number of carboxylic acid groups (broad SMARTS) is 1. The molecule has 0 aromatic heterocycles. The van der Waals surface area contributed by atoms with E-state index in [-0.39, 0.29) is 24.7 Å². The highest BCUT2D eigenvalue weighted by Crippen LogP contribution is 2.36. The van der Waals surface area contributed by atoms with E-state index in [2.05, 4.69) is 37.3 Å². The van der Waals surface area contributed by atoms with Crippen LogP contribution in [0.2, 0.25) is 0 Å². The van der Waals surface area contributed by atoms with Gasteiger partial charge in [0.15, 0.2) is 0 Å². The van der Waals surface area contributed by atoms with Crippen molar-refractivity contribution in [3.63, 3.8) is 0 Å². The highest BCUT2D eigenvalue weighted by atomic mass is 16.4. The summed E-state index contributed by atoms with van der Waals surface area (Å²) < 4.78 is 0. The Labute approximate surface area is 162 Å². The van der Waals surface area contributed by atoms with Crippen molar-refractivity contribution in [2.24, 2.45) is 11.8 Å². The fraction of sp³-hybridized carbons (Fsp3) is 0.591. The maximum absolute atomic E-state index is 10.5. The largest absolute Gasteiger partial charge is 0.481 e. The maximum Gasteiger partial charge on any atom is 0.303 e. The number of hydrogen-bond donors (Lipinski definition) is 4. The van der Waals surface area contributed by atoms with E-state index in [1.165, 1.54) is 6.08 Å². The van der Waals surface area contributed by atoms with E-state index < -0.39 is 24.3 Å². The third-order valence-electron chi connectivity index (χ3n) is 4.81. The van der Waals surface area contributed by atoms with Crippen molar-refractivity contribution in [1.82, 2.24) is 0 Å². The molecule has 0 aromatic rings. The minimum absolute atomic E-state index is 0.101. The Morgan fingerprint density at radius 1 is 1.04 bits per heavy atom. The average Bonchev–Trinajstić information content (AvgIpc) is 2.89. The molecule has 1 saturated carbocycles. The van der Waals surface area contributed by atoms with Gasteiger partial charge < -0.3 is 20.4 Å². The summed E-state index contributed by atoms with van der Waals surface area (Å²) in [5.41, 5.74) is 0. The lowest BCUT2D eigenvalue weighted by molar-refractivity contribution is -0.137. The third-order valence-corrected chi connectivity index (χ3v) is 4.81. The molecule has 5 nitrogen and oxygen atoms in total. The summed E-state index contributed by atoms with van der Waals surface area (Å²) in [6.45, 7) is 2.11. The standard InChI is InChI=1S/C22H34O5/c1-2-3-4-5-6-7-8-9-10-11-18-19(21(25)16-20(18)24)14-12-17(23)13-15-22(26)27/h3-4,6-7,9-10,12,14,17-21,23-25H,2,5,8,11,13,15-16H2,1H3,(H,26,27)/b4-3-,7-6-,10-9-,14-12+/t17-,18-,19+,20-,21+/m1/s1. The molecule has 5 heteroatoms. The van der Waals surface area contributed by atoms with Crippen LogP contribution in [0, 0.1) is 11.8 Å². The molecule has 0 amide bonds. The van der Waals surface area contributed by atoms with Gasteiger partial charge in [-0.25, -0.2) is 0 Å². The minimum Gasteiger partial charge on any atom is -0.481 e. The lowest BCUT2D eigenvalue weighted by Crippen LogP contribution is -2.20. The zero-order valence-electron chi connectivity index (χ0n) is 16.2. The van der Waals surface area contributed by atoms with E-state index in [1.54, 1.807) is 6.08 Å². The molecule has 1 rings (SSSR count). The van der Waals surface area contributed by atoms with Gasteiger partial charge in [-0.05, 0) is 38.0 Å². The normalized spacial score (nSPS) is 27.6. The van der Waals surface area contributed by atoms with Crippen molar-refractivity contribution >= 4 is 5.97 Å². The first-order valence-electron chi connectivity index (χ1n) is 9.85. The minimum atomic E-state index is -0.947. The van der Waals surface area contributed by atoms with Crippen LogP contribution < -0.4 is 0 Å². The van der Waals surface area contributed by atoms with Gasteiger partial charge in [0, 0.05) is 18.8 Å². The van der Waals surface area contributed by atoms with Gasteiger partial charge in [-0.15, -0.1) is 0 Å². The zero-order chi connectivity index (χ0) is 20.1. The highest BCUT2D eigenvalue weighted by Gasteiger charge is 2.39. The molecule has 1 aliphatic rings. The molecule has 0 unspecified atom stereocenters. The lowest BCUT2D eigenvalue weighted by Gasteiger charge is -2.19. The molecule has 0 spiro atoms. The summed E-state index contributed by atoms with van der Waals surface area (Å²) in [7, 11) is 0. The molecule has 0 bridgehead atoms. The van der Waals surface area contributed by atoms with Gasteiger partial charge >= 0.3 is 5.97 Å². The Kier molecular flexibility index (Phi) is 11.7. The number of carboxylic acids is 1. The zero-order valence-corrected chi connectivity index (χ0v) is 16.2.